The number of aromatic nitrogens is 2. The largest absolute Gasteiger partial charge is 0.488 e. The highest BCUT2D eigenvalue weighted by atomic mass is 35.5. The van der Waals surface area contributed by atoms with Crippen LogP contribution in [0.3, 0.4) is 0 Å². The van der Waals surface area contributed by atoms with Crippen LogP contribution in [0.25, 0.3) is 0 Å². The van der Waals surface area contributed by atoms with Crippen LogP contribution in [0.4, 0.5) is 4.39 Å². The molecule has 6 heteroatoms. The number of rotatable bonds is 9. The Bertz CT molecular complexity index is 803. The zero-order valence-corrected chi connectivity index (χ0v) is 15.1. The zero-order valence-electron chi connectivity index (χ0n) is 14.4. The van der Waals surface area contributed by atoms with Gasteiger partial charge in [0.1, 0.15) is 18.2 Å². The minimum Gasteiger partial charge on any atom is -0.488 e. The second-order valence-electron chi connectivity index (χ2n) is 5.93. The first-order chi connectivity index (χ1) is 12.7. The van der Waals surface area contributed by atoms with Crippen molar-refractivity contribution in [3.05, 3.63) is 83.2 Å². The number of ether oxygens (including phenoxy) is 1. The van der Waals surface area contributed by atoms with Crippen molar-refractivity contribution in [1.82, 2.24) is 14.9 Å². The Hall–Kier alpha value is -2.37. The molecule has 0 saturated heterocycles. The van der Waals surface area contributed by atoms with E-state index in [2.05, 4.69) is 14.9 Å². The number of nitrogens with zero attached hydrogens (tertiary/aromatic N) is 2. The summed E-state index contributed by atoms with van der Waals surface area (Å²) < 4.78 is 21.8. The van der Waals surface area contributed by atoms with Crippen LogP contribution in [-0.2, 0) is 19.7 Å². The van der Waals surface area contributed by atoms with E-state index in [0.29, 0.717) is 17.1 Å². The highest BCUT2D eigenvalue weighted by molar-refractivity contribution is 6.31. The summed E-state index contributed by atoms with van der Waals surface area (Å²) in [6.07, 6.45) is 6.56. The van der Waals surface area contributed by atoms with Crippen molar-refractivity contribution < 1.29 is 9.13 Å². The van der Waals surface area contributed by atoms with E-state index in [1.807, 2.05) is 36.8 Å². The van der Waals surface area contributed by atoms with E-state index in [1.165, 1.54) is 6.07 Å². The van der Waals surface area contributed by atoms with Gasteiger partial charge in [-0.2, -0.15) is 0 Å². The molecule has 26 heavy (non-hydrogen) atoms. The van der Waals surface area contributed by atoms with Crippen LogP contribution in [0.15, 0.2) is 61.2 Å². The molecule has 0 unspecified atom stereocenters. The van der Waals surface area contributed by atoms with Crippen LogP contribution < -0.4 is 10.1 Å². The lowest BCUT2D eigenvalue weighted by atomic mass is 10.2. The summed E-state index contributed by atoms with van der Waals surface area (Å²) in [5, 5.41) is 3.79. The van der Waals surface area contributed by atoms with Gasteiger partial charge in [-0.3, -0.25) is 0 Å². The van der Waals surface area contributed by atoms with E-state index in [4.69, 9.17) is 16.3 Å². The number of para-hydroxylation sites is 1. The molecule has 1 aromatic heterocycles. The summed E-state index contributed by atoms with van der Waals surface area (Å²) in [7, 11) is 0. The van der Waals surface area contributed by atoms with Crippen LogP contribution in [0.1, 0.15) is 17.5 Å². The SMILES string of the molecule is Fc1cccc(Cl)c1COc1ccccc1CNCCCn1ccnc1. The van der Waals surface area contributed by atoms with Gasteiger partial charge in [0, 0.05) is 36.6 Å². The first kappa shape index (κ1) is 18.4. The van der Waals surface area contributed by atoms with Crippen LogP contribution >= 0.6 is 11.6 Å². The van der Waals surface area contributed by atoms with Gasteiger partial charge in [-0.25, -0.2) is 9.37 Å². The topological polar surface area (TPSA) is 39.1 Å². The minimum atomic E-state index is -0.354. The third-order valence-electron chi connectivity index (χ3n) is 4.05. The lowest BCUT2D eigenvalue weighted by molar-refractivity contribution is 0.296. The molecule has 0 fully saturated rings. The standard InChI is InChI=1S/C20H21ClFN3O/c21-18-6-3-7-19(22)17(18)14-26-20-8-2-1-5-16(20)13-23-9-4-11-25-12-10-24-15-25/h1-3,5-8,10,12,15,23H,4,9,11,13-14H2. The molecule has 0 aliphatic rings. The van der Waals surface area contributed by atoms with Gasteiger partial charge in [-0.1, -0.05) is 35.9 Å². The summed E-state index contributed by atoms with van der Waals surface area (Å²) in [5.74, 6) is 0.376. The van der Waals surface area contributed by atoms with Gasteiger partial charge in [0.05, 0.1) is 11.3 Å². The van der Waals surface area contributed by atoms with Gasteiger partial charge >= 0.3 is 0 Å². The fourth-order valence-corrected chi connectivity index (χ4v) is 2.86. The summed E-state index contributed by atoms with van der Waals surface area (Å²) in [4.78, 5) is 4.03. The van der Waals surface area contributed by atoms with E-state index in [0.717, 1.165) is 30.8 Å². The summed E-state index contributed by atoms with van der Waals surface area (Å²) in [5.41, 5.74) is 1.40. The Morgan fingerprint density at radius 1 is 1.15 bits per heavy atom. The van der Waals surface area contributed by atoms with Crippen molar-refractivity contribution in [3.63, 3.8) is 0 Å². The van der Waals surface area contributed by atoms with E-state index in [9.17, 15) is 4.39 Å². The van der Waals surface area contributed by atoms with E-state index in [1.54, 1.807) is 18.3 Å². The number of hydrogen-bond donors (Lipinski definition) is 1. The fourth-order valence-electron chi connectivity index (χ4n) is 2.64. The average Bonchev–Trinajstić information content (AvgIpc) is 3.15. The van der Waals surface area contributed by atoms with Crippen molar-refractivity contribution in [1.29, 1.82) is 0 Å². The maximum atomic E-state index is 13.9. The molecule has 4 nitrogen and oxygen atoms in total. The number of halogens is 2. The Morgan fingerprint density at radius 2 is 2.04 bits per heavy atom. The second kappa shape index (κ2) is 9.36. The summed E-state index contributed by atoms with van der Waals surface area (Å²) >= 11 is 6.06. The Kier molecular flexibility index (Phi) is 6.63. The van der Waals surface area contributed by atoms with Gasteiger partial charge in [0.2, 0.25) is 0 Å². The van der Waals surface area contributed by atoms with Crippen molar-refractivity contribution >= 4 is 11.6 Å². The molecule has 0 aliphatic carbocycles. The first-order valence-electron chi connectivity index (χ1n) is 8.54. The molecule has 2 aromatic carbocycles. The molecule has 1 heterocycles. The summed E-state index contributed by atoms with van der Waals surface area (Å²) in [6.45, 7) is 2.59. The van der Waals surface area contributed by atoms with E-state index in [-0.39, 0.29) is 12.4 Å². The number of nitrogens with one attached hydrogen (secondary N) is 1. The van der Waals surface area contributed by atoms with Gasteiger partial charge in [0.25, 0.3) is 0 Å². The Morgan fingerprint density at radius 3 is 2.85 bits per heavy atom. The highest BCUT2D eigenvalue weighted by Crippen LogP contribution is 2.23. The minimum absolute atomic E-state index is 0.100. The van der Waals surface area contributed by atoms with Crippen LogP contribution in [-0.4, -0.2) is 16.1 Å². The van der Waals surface area contributed by atoms with Crippen molar-refractivity contribution in [2.45, 2.75) is 26.1 Å². The van der Waals surface area contributed by atoms with E-state index >= 15 is 0 Å². The Labute approximate surface area is 157 Å². The molecule has 0 amide bonds. The molecular formula is C20H21ClFN3O. The van der Waals surface area contributed by atoms with Gasteiger partial charge < -0.3 is 14.6 Å². The molecule has 3 aromatic rings. The predicted octanol–water partition coefficient (Wildman–Crippen LogP) is 4.43. The molecule has 0 bridgehead atoms. The average molecular weight is 374 g/mol. The van der Waals surface area contributed by atoms with Crippen LogP contribution in [0, 0.1) is 5.82 Å². The van der Waals surface area contributed by atoms with Gasteiger partial charge in [-0.05, 0) is 31.2 Å². The van der Waals surface area contributed by atoms with Crippen LogP contribution in [0.5, 0.6) is 5.75 Å². The summed E-state index contributed by atoms with van der Waals surface area (Å²) in [6, 6.07) is 12.4. The second-order valence-corrected chi connectivity index (χ2v) is 6.33. The monoisotopic (exact) mass is 373 g/mol. The molecule has 0 atom stereocenters. The molecule has 136 valence electrons. The van der Waals surface area contributed by atoms with Crippen molar-refractivity contribution in [3.8, 4) is 5.75 Å². The molecule has 0 radical (unpaired) electrons. The third-order valence-corrected chi connectivity index (χ3v) is 4.40. The molecule has 0 aliphatic heterocycles. The number of aryl methyl sites for hydroxylation is 1. The van der Waals surface area contributed by atoms with Crippen LogP contribution in [0.2, 0.25) is 5.02 Å². The quantitative estimate of drug-likeness (QED) is 0.564. The lowest BCUT2D eigenvalue weighted by Crippen LogP contribution is -2.17. The van der Waals surface area contributed by atoms with Crippen molar-refractivity contribution in [2.75, 3.05) is 6.54 Å². The normalized spacial score (nSPS) is 10.8. The van der Waals surface area contributed by atoms with Crippen molar-refractivity contribution in [2.24, 2.45) is 0 Å². The van der Waals surface area contributed by atoms with Gasteiger partial charge in [0.15, 0.2) is 0 Å². The molecule has 1 N–H and O–H groups in total. The highest BCUT2D eigenvalue weighted by Gasteiger charge is 2.09. The maximum Gasteiger partial charge on any atom is 0.131 e. The third kappa shape index (κ3) is 5.07. The van der Waals surface area contributed by atoms with Gasteiger partial charge in [-0.15, -0.1) is 0 Å². The number of imidazole rings is 1. The number of benzene rings is 2. The fraction of sp³-hybridized carbons (Fsp3) is 0.250. The smallest absolute Gasteiger partial charge is 0.131 e. The van der Waals surface area contributed by atoms with E-state index < -0.39 is 0 Å². The molecule has 3 rings (SSSR count). The first-order valence-corrected chi connectivity index (χ1v) is 8.92. The lowest BCUT2D eigenvalue weighted by Gasteiger charge is -2.13. The number of hydrogen-bond acceptors (Lipinski definition) is 3. The molecule has 0 spiro atoms. The molecular weight excluding hydrogens is 353 g/mol. The zero-order chi connectivity index (χ0) is 18.2. The predicted molar refractivity (Wildman–Crippen MR) is 101 cm³/mol. The Balaban J connectivity index is 1.51. The molecule has 0 saturated carbocycles. The maximum absolute atomic E-state index is 13.9.